The molecule has 1 aromatic carbocycles. The van der Waals surface area contributed by atoms with Gasteiger partial charge in [-0.15, -0.1) is 0 Å². The molecule has 0 bridgehead atoms. The lowest BCUT2D eigenvalue weighted by Crippen LogP contribution is -2.46. The van der Waals surface area contributed by atoms with E-state index in [4.69, 9.17) is 23.2 Å². The second kappa shape index (κ2) is 7.99. The molecule has 0 aromatic heterocycles. The summed E-state index contributed by atoms with van der Waals surface area (Å²) in [6.07, 6.45) is 0.910. The first kappa shape index (κ1) is 18.0. The summed E-state index contributed by atoms with van der Waals surface area (Å²) >= 11 is 11.8. The molecule has 2 atom stereocenters. The molecule has 2 rings (SSSR count). The molecule has 0 aliphatic carbocycles. The van der Waals surface area contributed by atoms with Crippen molar-refractivity contribution in [3.63, 3.8) is 0 Å². The summed E-state index contributed by atoms with van der Waals surface area (Å²) in [7, 11) is 0. The highest BCUT2D eigenvalue weighted by Crippen LogP contribution is 2.25. The summed E-state index contributed by atoms with van der Waals surface area (Å²) in [6.45, 7) is 2.81. The predicted octanol–water partition coefficient (Wildman–Crippen LogP) is 2.34. The van der Waals surface area contributed by atoms with Gasteiger partial charge >= 0.3 is 0 Å². The fourth-order valence-corrected chi connectivity index (χ4v) is 2.88. The normalized spacial score (nSPS) is 19.3. The number of carbonyl (C=O) groups is 2. The van der Waals surface area contributed by atoms with Gasteiger partial charge in [-0.05, 0) is 38.0 Å². The Hall–Kier alpha value is -1.30. The molecule has 1 heterocycles. The van der Waals surface area contributed by atoms with Crippen LogP contribution in [0.3, 0.4) is 0 Å². The summed E-state index contributed by atoms with van der Waals surface area (Å²) in [5.41, 5.74) is 0.462. The van der Waals surface area contributed by atoms with Gasteiger partial charge < -0.3 is 15.3 Å². The van der Waals surface area contributed by atoms with Gasteiger partial charge in [0.15, 0.2) is 0 Å². The molecule has 1 aliphatic rings. The van der Waals surface area contributed by atoms with Gasteiger partial charge in [0.05, 0.1) is 22.1 Å². The lowest BCUT2D eigenvalue weighted by Gasteiger charge is -2.32. The van der Waals surface area contributed by atoms with Gasteiger partial charge in [-0.25, -0.2) is 0 Å². The Bertz CT molecular complexity index is 593. The van der Waals surface area contributed by atoms with Gasteiger partial charge in [-0.1, -0.05) is 23.2 Å². The second-order valence-electron chi connectivity index (χ2n) is 5.81. The van der Waals surface area contributed by atoms with Gasteiger partial charge in [0, 0.05) is 25.2 Å². The van der Waals surface area contributed by atoms with Crippen LogP contribution in [0.25, 0.3) is 0 Å². The van der Waals surface area contributed by atoms with Crippen LogP contribution >= 0.6 is 23.2 Å². The fourth-order valence-electron chi connectivity index (χ4n) is 2.58. The molecule has 1 saturated heterocycles. The zero-order valence-corrected chi connectivity index (χ0v) is 14.4. The number of likely N-dealkylation sites (tertiary alicyclic amines) is 1. The summed E-state index contributed by atoms with van der Waals surface area (Å²) < 4.78 is 0. The van der Waals surface area contributed by atoms with Crippen LogP contribution in [0.1, 0.15) is 30.1 Å². The number of hydrogen-bond acceptors (Lipinski definition) is 3. The Kier molecular flexibility index (Phi) is 6.27. The van der Waals surface area contributed by atoms with Gasteiger partial charge in [0.1, 0.15) is 0 Å². The van der Waals surface area contributed by atoms with Crippen molar-refractivity contribution in [2.75, 3.05) is 19.6 Å². The van der Waals surface area contributed by atoms with E-state index in [-0.39, 0.29) is 24.3 Å². The third-order valence-corrected chi connectivity index (χ3v) is 4.56. The number of amides is 2. The second-order valence-corrected chi connectivity index (χ2v) is 6.63. The van der Waals surface area contributed by atoms with Crippen LogP contribution in [-0.4, -0.2) is 47.6 Å². The molecule has 7 heteroatoms. The maximum absolute atomic E-state index is 12.5. The molecule has 1 fully saturated rings. The van der Waals surface area contributed by atoms with E-state index in [1.165, 1.54) is 0 Å². The van der Waals surface area contributed by atoms with E-state index in [0.717, 1.165) is 12.8 Å². The molecule has 2 N–H and O–H groups in total. The lowest BCUT2D eigenvalue weighted by atomic mass is 9.96. The van der Waals surface area contributed by atoms with Crippen LogP contribution in [-0.2, 0) is 4.79 Å². The van der Waals surface area contributed by atoms with E-state index >= 15 is 0 Å². The predicted molar refractivity (Wildman–Crippen MR) is 89.8 cm³/mol. The van der Waals surface area contributed by atoms with Gasteiger partial charge in [-0.3, -0.25) is 9.59 Å². The van der Waals surface area contributed by atoms with Crippen LogP contribution in [0.15, 0.2) is 18.2 Å². The first-order chi connectivity index (χ1) is 10.9. The Labute approximate surface area is 145 Å². The van der Waals surface area contributed by atoms with E-state index in [1.807, 2.05) is 0 Å². The minimum atomic E-state index is -0.587. The van der Waals surface area contributed by atoms with Crippen molar-refractivity contribution >= 4 is 35.0 Å². The molecule has 0 spiro atoms. The Morgan fingerprint density at radius 1 is 1.39 bits per heavy atom. The van der Waals surface area contributed by atoms with Crippen molar-refractivity contribution in [3.8, 4) is 0 Å². The van der Waals surface area contributed by atoms with E-state index in [0.29, 0.717) is 28.7 Å². The maximum Gasteiger partial charge on any atom is 0.253 e. The lowest BCUT2D eigenvalue weighted by molar-refractivity contribution is -0.126. The molecule has 126 valence electrons. The molecule has 0 saturated carbocycles. The van der Waals surface area contributed by atoms with E-state index < -0.39 is 6.10 Å². The topological polar surface area (TPSA) is 69.6 Å². The number of hydrogen-bond donors (Lipinski definition) is 2. The number of nitrogens with zero attached hydrogens (tertiary/aromatic N) is 1. The number of aliphatic hydroxyl groups is 1. The molecule has 2 unspecified atom stereocenters. The summed E-state index contributed by atoms with van der Waals surface area (Å²) in [4.78, 5) is 26.3. The fraction of sp³-hybridized carbons (Fsp3) is 0.500. The first-order valence-corrected chi connectivity index (χ1v) is 8.34. The standard InChI is InChI=1S/C16H20Cl2N2O3/c1-10(21)8-19-15(22)12-3-2-6-20(9-12)16(23)11-4-5-13(17)14(18)7-11/h4-5,7,10,12,21H,2-3,6,8-9H2,1H3,(H,19,22). The Morgan fingerprint density at radius 3 is 2.78 bits per heavy atom. The Morgan fingerprint density at radius 2 is 2.13 bits per heavy atom. The average molecular weight is 359 g/mol. The van der Waals surface area contributed by atoms with Crippen molar-refractivity contribution in [1.29, 1.82) is 0 Å². The highest BCUT2D eigenvalue weighted by atomic mass is 35.5. The van der Waals surface area contributed by atoms with Gasteiger partial charge in [0.2, 0.25) is 5.91 Å². The molecular weight excluding hydrogens is 339 g/mol. The molecule has 2 amide bonds. The van der Waals surface area contributed by atoms with Gasteiger partial charge in [0.25, 0.3) is 5.91 Å². The zero-order valence-electron chi connectivity index (χ0n) is 12.9. The van der Waals surface area contributed by atoms with Crippen molar-refractivity contribution in [3.05, 3.63) is 33.8 Å². The van der Waals surface area contributed by atoms with Crippen LogP contribution < -0.4 is 5.32 Å². The van der Waals surface area contributed by atoms with E-state index in [1.54, 1.807) is 30.0 Å². The number of rotatable bonds is 4. The third-order valence-electron chi connectivity index (χ3n) is 3.82. The smallest absolute Gasteiger partial charge is 0.253 e. The minimum Gasteiger partial charge on any atom is -0.392 e. The number of halogens is 2. The first-order valence-electron chi connectivity index (χ1n) is 7.58. The van der Waals surface area contributed by atoms with Crippen molar-refractivity contribution in [2.45, 2.75) is 25.9 Å². The number of piperidine rings is 1. The largest absolute Gasteiger partial charge is 0.392 e. The number of nitrogens with one attached hydrogen (secondary N) is 1. The highest BCUT2D eigenvalue weighted by molar-refractivity contribution is 6.42. The number of carbonyl (C=O) groups excluding carboxylic acids is 2. The third kappa shape index (κ3) is 4.83. The number of aliphatic hydroxyl groups excluding tert-OH is 1. The summed E-state index contributed by atoms with van der Waals surface area (Å²) in [6, 6.07) is 4.77. The molecule has 1 aliphatic heterocycles. The van der Waals surface area contributed by atoms with Crippen LogP contribution in [0.4, 0.5) is 0 Å². The van der Waals surface area contributed by atoms with E-state index in [9.17, 15) is 14.7 Å². The molecular formula is C16H20Cl2N2O3. The van der Waals surface area contributed by atoms with Crippen LogP contribution in [0, 0.1) is 5.92 Å². The van der Waals surface area contributed by atoms with E-state index in [2.05, 4.69) is 5.32 Å². The molecule has 1 aromatic rings. The van der Waals surface area contributed by atoms with Crippen LogP contribution in [0.2, 0.25) is 10.0 Å². The Balaban J connectivity index is 2.01. The summed E-state index contributed by atoms with van der Waals surface area (Å²) in [5, 5.41) is 12.7. The molecule has 5 nitrogen and oxygen atoms in total. The summed E-state index contributed by atoms with van der Waals surface area (Å²) in [5.74, 6) is -0.539. The SMILES string of the molecule is CC(O)CNC(=O)C1CCCN(C(=O)c2ccc(Cl)c(Cl)c2)C1. The number of benzene rings is 1. The zero-order chi connectivity index (χ0) is 17.0. The van der Waals surface area contributed by atoms with Crippen molar-refractivity contribution < 1.29 is 14.7 Å². The van der Waals surface area contributed by atoms with Crippen molar-refractivity contribution in [1.82, 2.24) is 10.2 Å². The maximum atomic E-state index is 12.5. The van der Waals surface area contributed by atoms with Crippen molar-refractivity contribution in [2.24, 2.45) is 5.92 Å². The molecule has 0 radical (unpaired) electrons. The monoisotopic (exact) mass is 358 g/mol. The average Bonchev–Trinajstić information content (AvgIpc) is 2.54. The van der Waals surface area contributed by atoms with Crippen LogP contribution in [0.5, 0.6) is 0 Å². The van der Waals surface area contributed by atoms with Gasteiger partial charge in [-0.2, -0.15) is 0 Å². The minimum absolute atomic E-state index is 0.127. The molecule has 23 heavy (non-hydrogen) atoms. The highest BCUT2D eigenvalue weighted by Gasteiger charge is 2.29. The quantitative estimate of drug-likeness (QED) is 0.867.